The minimum absolute atomic E-state index is 0.0152. The van der Waals surface area contributed by atoms with Crippen LogP contribution in [0.25, 0.3) is 0 Å². The smallest absolute Gasteiger partial charge is 0.329 e. The number of anilines is 3. The van der Waals surface area contributed by atoms with Crippen LogP contribution in [-0.4, -0.2) is 72.2 Å². The van der Waals surface area contributed by atoms with E-state index in [1.807, 2.05) is 33.8 Å². The van der Waals surface area contributed by atoms with E-state index in [0.717, 1.165) is 25.2 Å². The lowest BCUT2D eigenvalue weighted by Crippen LogP contribution is -2.48. The molecule has 192 valence electrons. The first-order valence-electron chi connectivity index (χ1n) is 12.3. The van der Waals surface area contributed by atoms with Gasteiger partial charge in [-0.25, -0.2) is 14.8 Å². The Morgan fingerprint density at radius 1 is 1.25 bits per heavy atom. The maximum absolute atomic E-state index is 13.4. The van der Waals surface area contributed by atoms with Crippen LogP contribution in [0.1, 0.15) is 44.6 Å². The molecule has 0 aromatic carbocycles. The summed E-state index contributed by atoms with van der Waals surface area (Å²) in [6.07, 6.45) is 2.23. The SMILES string of the molecule is CC(C)NC(=O)c1ccc2c(n1)N(C(=O)Nc1ccc(OC[C@H]3COC(C)(C)O3)cn1)C1CCN2C1. The first-order chi connectivity index (χ1) is 17.2. The van der Waals surface area contributed by atoms with Gasteiger partial charge in [-0.2, -0.15) is 0 Å². The molecule has 2 atom stereocenters. The number of nitrogens with zero attached hydrogens (tertiary/aromatic N) is 4. The molecule has 2 aromatic heterocycles. The van der Waals surface area contributed by atoms with Crippen LogP contribution in [0.4, 0.5) is 22.1 Å². The van der Waals surface area contributed by atoms with E-state index in [0.29, 0.717) is 30.6 Å². The molecule has 0 aliphatic carbocycles. The average molecular weight is 497 g/mol. The Kier molecular flexibility index (Phi) is 6.44. The molecule has 2 aromatic rings. The first-order valence-corrected chi connectivity index (χ1v) is 12.3. The average Bonchev–Trinajstić information content (AvgIpc) is 3.41. The van der Waals surface area contributed by atoms with Crippen molar-refractivity contribution in [3.63, 3.8) is 0 Å². The molecule has 11 heteroatoms. The van der Waals surface area contributed by atoms with Crippen molar-refractivity contribution in [1.82, 2.24) is 15.3 Å². The predicted molar refractivity (Wildman–Crippen MR) is 134 cm³/mol. The molecule has 11 nitrogen and oxygen atoms in total. The van der Waals surface area contributed by atoms with E-state index in [2.05, 4.69) is 25.5 Å². The Morgan fingerprint density at radius 3 is 2.78 bits per heavy atom. The third-order valence-corrected chi connectivity index (χ3v) is 6.30. The minimum Gasteiger partial charge on any atom is -0.489 e. The molecule has 36 heavy (non-hydrogen) atoms. The largest absolute Gasteiger partial charge is 0.489 e. The number of nitrogens with one attached hydrogen (secondary N) is 2. The summed E-state index contributed by atoms with van der Waals surface area (Å²) in [5, 5.41) is 5.72. The third-order valence-electron chi connectivity index (χ3n) is 6.30. The number of hydrogen-bond acceptors (Lipinski definition) is 8. The number of carbonyl (C=O) groups is 2. The Labute approximate surface area is 210 Å². The van der Waals surface area contributed by atoms with Crippen molar-refractivity contribution in [2.24, 2.45) is 0 Å². The number of ether oxygens (including phenoxy) is 3. The fourth-order valence-corrected chi connectivity index (χ4v) is 4.68. The Hall–Kier alpha value is -3.44. The van der Waals surface area contributed by atoms with Gasteiger partial charge in [-0.3, -0.25) is 15.0 Å². The summed E-state index contributed by atoms with van der Waals surface area (Å²) in [6.45, 7) is 9.89. The number of rotatable bonds is 6. The molecule has 5 rings (SSSR count). The summed E-state index contributed by atoms with van der Waals surface area (Å²) in [7, 11) is 0. The Balaban J connectivity index is 1.27. The number of aromatic nitrogens is 2. The molecule has 1 unspecified atom stereocenters. The van der Waals surface area contributed by atoms with Gasteiger partial charge in [0.25, 0.3) is 5.91 Å². The maximum Gasteiger partial charge on any atom is 0.329 e. The van der Waals surface area contributed by atoms with Crippen LogP contribution >= 0.6 is 0 Å². The van der Waals surface area contributed by atoms with E-state index in [-0.39, 0.29) is 35.8 Å². The van der Waals surface area contributed by atoms with E-state index >= 15 is 0 Å². The highest BCUT2D eigenvalue weighted by Crippen LogP contribution is 2.39. The van der Waals surface area contributed by atoms with Crippen LogP contribution in [0.3, 0.4) is 0 Å². The topological polar surface area (TPSA) is 118 Å². The molecule has 0 spiro atoms. The second-order valence-electron chi connectivity index (χ2n) is 10.00. The van der Waals surface area contributed by atoms with Crippen LogP contribution in [0, 0.1) is 0 Å². The predicted octanol–water partition coefficient (Wildman–Crippen LogP) is 2.78. The first kappa shape index (κ1) is 24.3. The molecule has 3 aliphatic heterocycles. The van der Waals surface area contributed by atoms with Crippen molar-refractivity contribution in [2.75, 3.05) is 41.4 Å². The molecule has 2 N–H and O–H groups in total. The molecule has 5 heterocycles. The van der Waals surface area contributed by atoms with Gasteiger partial charge in [0.1, 0.15) is 30.0 Å². The van der Waals surface area contributed by atoms with Gasteiger partial charge in [-0.15, -0.1) is 0 Å². The van der Waals surface area contributed by atoms with Crippen molar-refractivity contribution in [3.05, 3.63) is 36.2 Å². The lowest BCUT2D eigenvalue weighted by Gasteiger charge is -2.35. The highest BCUT2D eigenvalue weighted by Gasteiger charge is 2.40. The van der Waals surface area contributed by atoms with Crippen LogP contribution in [0.15, 0.2) is 30.5 Å². The fourth-order valence-electron chi connectivity index (χ4n) is 4.68. The van der Waals surface area contributed by atoms with E-state index in [1.165, 1.54) is 0 Å². The number of fused-ring (bicyclic) bond motifs is 4. The van der Waals surface area contributed by atoms with E-state index in [1.54, 1.807) is 29.3 Å². The molecule has 2 saturated heterocycles. The summed E-state index contributed by atoms with van der Waals surface area (Å²) in [5.41, 5.74) is 1.13. The zero-order valence-electron chi connectivity index (χ0n) is 21.0. The molecule has 3 aliphatic rings. The summed E-state index contributed by atoms with van der Waals surface area (Å²) >= 11 is 0. The Morgan fingerprint density at radius 2 is 2.08 bits per heavy atom. The summed E-state index contributed by atoms with van der Waals surface area (Å²) in [6, 6.07) is 6.62. The highest BCUT2D eigenvalue weighted by atomic mass is 16.7. The molecular formula is C25H32N6O5. The number of urea groups is 1. The molecule has 3 amide bonds. The second kappa shape index (κ2) is 9.55. The van der Waals surface area contributed by atoms with Crippen LogP contribution < -0.4 is 25.2 Å². The quantitative estimate of drug-likeness (QED) is 0.627. The number of pyridine rings is 2. The normalized spacial score (nSPS) is 21.9. The lowest BCUT2D eigenvalue weighted by molar-refractivity contribution is -0.141. The minimum atomic E-state index is -0.600. The molecule has 2 bridgehead atoms. The van der Waals surface area contributed by atoms with Crippen molar-refractivity contribution in [2.45, 2.75) is 58.1 Å². The van der Waals surface area contributed by atoms with Crippen molar-refractivity contribution >= 4 is 29.3 Å². The van der Waals surface area contributed by atoms with E-state index in [9.17, 15) is 9.59 Å². The van der Waals surface area contributed by atoms with Gasteiger partial charge >= 0.3 is 6.03 Å². The van der Waals surface area contributed by atoms with Gasteiger partial charge in [0.15, 0.2) is 11.6 Å². The summed E-state index contributed by atoms with van der Waals surface area (Å²) in [4.78, 5) is 38.7. The van der Waals surface area contributed by atoms with E-state index in [4.69, 9.17) is 14.2 Å². The van der Waals surface area contributed by atoms with Crippen LogP contribution in [0.5, 0.6) is 5.75 Å². The third kappa shape index (κ3) is 5.07. The highest BCUT2D eigenvalue weighted by molar-refractivity contribution is 6.05. The Bertz CT molecular complexity index is 1140. The van der Waals surface area contributed by atoms with Gasteiger partial charge in [0.05, 0.1) is 24.5 Å². The standard InChI is InChI=1S/C25H32N6O5/c1-15(2)27-23(32)19-6-7-20-22(28-19)31(16-9-10-30(20)12-16)24(33)29-21-8-5-17(11-26-21)34-13-18-14-35-25(3,4)36-18/h5-8,11,15-16,18H,9-10,12-14H2,1-4H3,(H,27,32)(H,26,29,33)/t16?,18-/m0/s1. The van der Waals surface area contributed by atoms with Gasteiger partial charge < -0.3 is 24.4 Å². The van der Waals surface area contributed by atoms with Gasteiger partial charge in [-0.05, 0) is 58.4 Å². The molecular weight excluding hydrogens is 464 g/mol. The summed E-state index contributed by atoms with van der Waals surface area (Å²) < 4.78 is 17.1. The van der Waals surface area contributed by atoms with Crippen molar-refractivity contribution in [3.8, 4) is 5.75 Å². The number of hydrogen-bond donors (Lipinski definition) is 2. The summed E-state index contributed by atoms with van der Waals surface area (Å²) in [5.74, 6) is 0.580. The van der Waals surface area contributed by atoms with Gasteiger partial charge in [-0.1, -0.05) is 0 Å². The molecule has 2 fully saturated rings. The van der Waals surface area contributed by atoms with Crippen molar-refractivity contribution in [1.29, 1.82) is 0 Å². The van der Waals surface area contributed by atoms with E-state index < -0.39 is 5.79 Å². The van der Waals surface area contributed by atoms with Crippen LogP contribution in [-0.2, 0) is 9.47 Å². The number of amides is 3. The monoisotopic (exact) mass is 496 g/mol. The van der Waals surface area contributed by atoms with Crippen molar-refractivity contribution < 1.29 is 23.8 Å². The molecule has 0 saturated carbocycles. The maximum atomic E-state index is 13.4. The number of carbonyl (C=O) groups excluding carboxylic acids is 2. The fraction of sp³-hybridized carbons (Fsp3) is 0.520. The van der Waals surface area contributed by atoms with Crippen LogP contribution in [0.2, 0.25) is 0 Å². The zero-order valence-corrected chi connectivity index (χ0v) is 21.0. The zero-order chi connectivity index (χ0) is 25.4. The second-order valence-corrected chi connectivity index (χ2v) is 10.00. The lowest BCUT2D eigenvalue weighted by atomic mass is 10.1. The van der Waals surface area contributed by atoms with Gasteiger partial charge in [0.2, 0.25) is 0 Å². The molecule has 0 radical (unpaired) electrons. The van der Waals surface area contributed by atoms with Gasteiger partial charge in [0, 0.05) is 19.1 Å².